The quantitative estimate of drug-likeness (QED) is 0.727. The van der Waals surface area contributed by atoms with Gasteiger partial charge in [0.15, 0.2) is 0 Å². The van der Waals surface area contributed by atoms with E-state index in [9.17, 15) is 15.0 Å². The Morgan fingerprint density at radius 2 is 1.93 bits per heavy atom. The fraction of sp³-hybridized carbons (Fsp3) is 0.625. The second-order valence-corrected chi connectivity index (χ2v) is 8.49. The third-order valence-electron chi connectivity index (χ3n) is 6.53. The van der Waals surface area contributed by atoms with Gasteiger partial charge in [-0.3, -0.25) is 4.79 Å². The van der Waals surface area contributed by atoms with Crippen LogP contribution in [0.2, 0.25) is 0 Å². The highest BCUT2D eigenvalue weighted by Crippen LogP contribution is 2.44. The SMILES string of the molecule is O=C1CCC/C=C\C[C@H]2[C@@H](C1)C[C@@H](O)[C@@H]2CC[C@@H](O)CCc1ccccc1. The predicted molar refractivity (Wildman–Crippen MR) is 108 cm³/mol. The van der Waals surface area contributed by atoms with Gasteiger partial charge in [-0.05, 0) is 74.7 Å². The van der Waals surface area contributed by atoms with E-state index in [0.29, 0.717) is 30.5 Å². The minimum atomic E-state index is -0.330. The smallest absolute Gasteiger partial charge is 0.133 e. The number of Topliss-reactive ketones (excluding diaryl/α,β-unsaturated/α-hetero) is 1. The molecular formula is C24H34O3. The summed E-state index contributed by atoms with van der Waals surface area (Å²) in [5.41, 5.74) is 1.26. The number of fused-ring (bicyclic) bond motifs is 1. The van der Waals surface area contributed by atoms with Crippen LogP contribution in [0.15, 0.2) is 42.5 Å². The van der Waals surface area contributed by atoms with E-state index in [-0.39, 0.29) is 18.1 Å². The molecule has 0 amide bonds. The summed E-state index contributed by atoms with van der Waals surface area (Å²) in [7, 11) is 0. The van der Waals surface area contributed by atoms with Crippen LogP contribution >= 0.6 is 0 Å². The molecule has 1 saturated carbocycles. The number of ketones is 1. The molecule has 1 aromatic carbocycles. The van der Waals surface area contributed by atoms with Crippen LogP contribution in [0.25, 0.3) is 0 Å². The molecule has 2 N–H and O–H groups in total. The molecule has 27 heavy (non-hydrogen) atoms. The molecule has 1 aromatic rings. The van der Waals surface area contributed by atoms with Crippen LogP contribution in [-0.2, 0) is 11.2 Å². The van der Waals surface area contributed by atoms with Crippen molar-refractivity contribution in [3.8, 4) is 0 Å². The Hall–Kier alpha value is -1.45. The zero-order valence-corrected chi connectivity index (χ0v) is 16.3. The highest BCUT2D eigenvalue weighted by molar-refractivity contribution is 5.78. The van der Waals surface area contributed by atoms with E-state index in [2.05, 4.69) is 24.3 Å². The van der Waals surface area contributed by atoms with Crippen LogP contribution in [0.3, 0.4) is 0 Å². The van der Waals surface area contributed by atoms with Crippen LogP contribution in [0.1, 0.15) is 63.4 Å². The monoisotopic (exact) mass is 370 g/mol. The van der Waals surface area contributed by atoms with Crippen molar-refractivity contribution in [3.63, 3.8) is 0 Å². The lowest BCUT2D eigenvalue weighted by atomic mass is 9.80. The van der Waals surface area contributed by atoms with Gasteiger partial charge in [0.2, 0.25) is 0 Å². The van der Waals surface area contributed by atoms with Gasteiger partial charge < -0.3 is 10.2 Å². The predicted octanol–water partition coefficient (Wildman–Crippen LogP) is 4.46. The van der Waals surface area contributed by atoms with Crippen molar-refractivity contribution in [3.05, 3.63) is 48.0 Å². The molecule has 3 rings (SSSR count). The molecule has 0 unspecified atom stereocenters. The number of carbonyl (C=O) groups is 1. The number of hydrogen-bond acceptors (Lipinski definition) is 3. The molecule has 5 atom stereocenters. The maximum absolute atomic E-state index is 12.2. The van der Waals surface area contributed by atoms with Crippen LogP contribution in [0.4, 0.5) is 0 Å². The Labute approximate surface area is 163 Å². The van der Waals surface area contributed by atoms with Gasteiger partial charge in [-0.15, -0.1) is 0 Å². The summed E-state index contributed by atoms with van der Waals surface area (Å²) in [6.45, 7) is 0. The maximum atomic E-state index is 12.2. The van der Waals surface area contributed by atoms with Crippen molar-refractivity contribution in [2.24, 2.45) is 17.8 Å². The van der Waals surface area contributed by atoms with Crippen molar-refractivity contribution in [2.45, 2.75) is 76.4 Å². The van der Waals surface area contributed by atoms with Crippen LogP contribution < -0.4 is 0 Å². The summed E-state index contributed by atoms with van der Waals surface area (Å²) in [5, 5.41) is 21.1. The van der Waals surface area contributed by atoms with E-state index in [1.165, 1.54) is 5.56 Å². The first kappa shape index (κ1) is 20.3. The third-order valence-corrected chi connectivity index (χ3v) is 6.53. The zero-order valence-electron chi connectivity index (χ0n) is 16.3. The van der Waals surface area contributed by atoms with E-state index < -0.39 is 0 Å². The van der Waals surface area contributed by atoms with Crippen molar-refractivity contribution in [2.75, 3.05) is 0 Å². The normalized spacial score (nSPS) is 31.3. The minimum Gasteiger partial charge on any atom is -0.393 e. The molecule has 0 radical (unpaired) electrons. The van der Waals surface area contributed by atoms with Gasteiger partial charge in [-0.2, -0.15) is 0 Å². The Kier molecular flexibility index (Phi) is 7.66. The van der Waals surface area contributed by atoms with Gasteiger partial charge in [0, 0.05) is 12.8 Å². The fourth-order valence-electron chi connectivity index (χ4n) is 4.99. The Morgan fingerprint density at radius 1 is 1.11 bits per heavy atom. The van der Waals surface area contributed by atoms with E-state index in [1.807, 2.05) is 18.2 Å². The average molecular weight is 371 g/mol. The molecule has 3 nitrogen and oxygen atoms in total. The number of aliphatic hydroxyl groups excluding tert-OH is 2. The van der Waals surface area contributed by atoms with Gasteiger partial charge >= 0.3 is 0 Å². The molecule has 2 aliphatic rings. The lowest BCUT2D eigenvalue weighted by molar-refractivity contribution is -0.120. The van der Waals surface area contributed by atoms with Gasteiger partial charge in [-0.25, -0.2) is 0 Å². The Balaban J connectivity index is 1.53. The lowest BCUT2D eigenvalue weighted by Gasteiger charge is -2.26. The topological polar surface area (TPSA) is 57.5 Å². The number of aliphatic hydroxyl groups is 2. The van der Waals surface area contributed by atoms with Crippen molar-refractivity contribution < 1.29 is 15.0 Å². The second-order valence-electron chi connectivity index (χ2n) is 8.49. The standard InChI is InChI=1S/C24H34O3/c25-20(13-12-18-8-4-3-5-9-18)14-15-23-22-11-7-2-1-6-10-21(26)16-19(22)17-24(23)27/h2-5,7-9,19-20,22-25,27H,1,6,10-17H2/b7-2-/t19-,20-,22-,23+,24+/m0/s1. The first-order valence-corrected chi connectivity index (χ1v) is 10.7. The first-order chi connectivity index (χ1) is 13.1. The number of benzene rings is 1. The minimum absolute atomic E-state index is 0.207. The molecule has 0 aromatic heterocycles. The molecule has 3 heteroatoms. The molecule has 0 spiro atoms. The van der Waals surface area contributed by atoms with Gasteiger partial charge in [0.25, 0.3) is 0 Å². The summed E-state index contributed by atoms with van der Waals surface area (Å²) >= 11 is 0. The van der Waals surface area contributed by atoms with Crippen molar-refractivity contribution in [1.82, 2.24) is 0 Å². The average Bonchev–Trinajstić information content (AvgIpc) is 2.96. The van der Waals surface area contributed by atoms with E-state index in [4.69, 9.17) is 0 Å². The summed E-state index contributed by atoms with van der Waals surface area (Å²) < 4.78 is 0. The molecule has 0 aliphatic heterocycles. The van der Waals surface area contributed by atoms with Gasteiger partial charge in [-0.1, -0.05) is 42.5 Å². The summed E-state index contributed by atoms with van der Waals surface area (Å²) in [4.78, 5) is 12.2. The number of carbonyl (C=O) groups excluding carboxylic acids is 1. The highest BCUT2D eigenvalue weighted by Gasteiger charge is 2.42. The molecule has 148 valence electrons. The maximum Gasteiger partial charge on any atom is 0.133 e. The fourth-order valence-corrected chi connectivity index (χ4v) is 4.99. The van der Waals surface area contributed by atoms with Gasteiger partial charge in [0.1, 0.15) is 5.78 Å². The molecule has 0 heterocycles. The molecule has 0 bridgehead atoms. The summed E-state index contributed by atoms with van der Waals surface area (Å²) in [6.07, 6.45) is 12.0. The Bertz CT molecular complexity index is 609. The largest absolute Gasteiger partial charge is 0.393 e. The summed E-state index contributed by atoms with van der Waals surface area (Å²) in [5.74, 6) is 1.25. The van der Waals surface area contributed by atoms with Crippen LogP contribution in [-0.4, -0.2) is 28.2 Å². The van der Waals surface area contributed by atoms with Gasteiger partial charge in [0.05, 0.1) is 12.2 Å². The molecule has 2 aliphatic carbocycles. The number of hydrogen-bond donors (Lipinski definition) is 2. The molecule has 0 saturated heterocycles. The van der Waals surface area contributed by atoms with E-state index >= 15 is 0 Å². The highest BCUT2D eigenvalue weighted by atomic mass is 16.3. The summed E-state index contributed by atoms with van der Waals surface area (Å²) in [6, 6.07) is 10.3. The number of aryl methyl sites for hydroxylation is 1. The molecule has 1 fully saturated rings. The lowest BCUT2D eigenvalue weighted by Crippen LogP contribution is -2.23. The number of rotatable bonds is 6. The Morgan fingerprint density at radius 3 is 2.74 bits per heavy atom. The third kappa shape index (κ3) is 6.02. The van der Waals surface area contributed by atoms with Crippen LogP contribution in [0.5, 0.6) is 0 Å². The first-order valence-electron chi connectivity index (χ1n) is 10.7. The van der Waals surface area contributed by atoms with Crippen molar-refractivity contribution >= 4 is 5.78 Å². The van der Waals surface area contributed by atoms with Crippen molar-refractivity contribution in [1.29, 1.82) is 0 Å². The molecular weight excluding hydrogens is 336 g/mol. The van der Waals surface area contributed by atoms with E-state index in [1.54, 1.807) is 0 Å². The van der Waals surface area contributed by atoms with Crippen LogP contribution in [0, 0.1) is 17.8 Å². The number of allylic oxidation sites excluding steroid dienone is 2. The second kappa shape index (κ2) is 10.2. The van der Waals surface area contributed by atoms with E-state index in [0.717, 1.165) is 51.4 Å². The zero-order chi connectivity index (χ0) is 19.1.